The Morgan fingerprint density at radius 1 is 1.19 bits per heavy atom. The lowest BCUT2D eigenvalue weighted by atomic mass is 9.93. The summed E-state index contributed by atoms with van der Waals surface area (Å²) in [6.45, 7) is 5.52. The van der Waals surface area contributed by atoms with E-state index < -0.39 is 17.8 Å². The summed E-state index contributed by atoms with van der Waals surface area (Å²) in [5.74, 6) is -0.484. The fourth-order valence-corrected chi connectivity index (χ4v) is 3.04. The fraction of sp³-hybridized carbons (Fsp3) is 0.391. The van der Waals surface area contributed by atoms with Crippen LogP contribution in [0.5, 0.6) is 11.5 Å². The first kappa shape index (κ1) is 23.7. The fourth-order valence-electron chi connectivity index (χ4n) is 3.04. The van der Waals surface area contributed by atoms with Gasteiger partial charge >= 0.3 is 5.97 Å². The van der Waals surface area contributed by atoms with Crippen LogP contribution in [-0.4, -0.2) is 49.6 Å². The number of benzene rings is 1. The van der Waals surface area contributed by atoms with Gasteiger partial charge in [-0.05, 0) is 49.1 Å². The summed E-state index contributed by atoms with van der Waals surface area (Å²) in [7, 11) is 1.53. The highest BCUT2D eigenvalue weighted by Crippen LogP contribution is 2.31. The van der Waals surface area contributed by atoms with Gasteiger partial charge in [0.25, 0.3) is 11.8 Å². The van der Waals surface area contributed by atoms with E-state index in [4.69, 9.17) is 14.2 Å². The summed E-state index contributed by atoms with van der Waals surface area (Å²) in [6.07, 6.45) is 2.75. The standard InChI is InChI=1S/C23H26N2O6/c1-5-10-31-20-8-7-17(13-21(20)29-4)12-18-15(2)19(14-24)23(28)25(22(18)27)9-6-11-30-16(3)26/h7-8,12-13H,5-6,9-11H2,1-4H3/b18-12+. The van der Waals surface area contributed by atoms with Gasteiger partial charge in [-0.3, -0.25) is 19.3 Å². The van der Waals surface area contributed by atoms with E-state index in [0.717, 1.165) is 11.3 Å². The van der Waals surface area contributed by atoms with E-state index >= 15 is 0 Å². The molecule has 8 nitrogen and oxygen atoms in total. The number of carbonyl (C=O) groups excluding carboxylic acids is 3. The second kappa shape index (κ2) is 11.0. The number of esters is 1. The number of hydrogen-bond donors (Lipinski definition) is 0. The van der Waals surface area contributed by atoms with Crippen molar-refractivity contribution in [2.75, 3.05) is 26.9 Å². The Labute approximate surface area is 181 Å². The second-order valence-electron chi connectivity index (χ2n) is 6.88. The first-order valence-electron chi connectivity index (χ1n) is 9.97. The van der Waals surface area contributed by atoms with Crippen LogP contribution in [0.15, 0.2) is 34.9 Å². The van der Waals surface area contributed by atoms with Crippen molar-refractivity contribution in [1.29, 1.82) is 5.26 Å². The van der Waals surface area contributed by atoms with Crippen molar-refractivity contribution in [3.63, 3.8) is 0 Å². The SMILES string of the molecule is CCCOc1ccc(/C=C2/C(=O)N(CCCOC(C)=O)C(=O)C(C#N)=C2C)cc1OC. The molecule has 0 radical (unpaired) electrons. The largest absolute Gasteiger partial charge is 0.493 e. The van der Waals surface area contributed by atoms with E-state index in [0.29, 0.717) is 29.2 Å². The topological polar surface area (TPSA) is 106 Å². The maximum absolute atomic E-state index is 13.0. The molecule has 31 heavy (non-hydrogen) atoms. The Morgan fingerprint density at radius 3 is 2.55 bits per heavy atom. The average molecular weight is 426 g/mol. The summed E-state index contributed by atoms with van der Waals surface area (Å²) in [5.41, 5.74) is 1.13. The number of hydrogen-bond acceptors (Lipinski definition) is 7. The monoisotopic (exact) mass is 426 g/mol. The highest BCUT2D eigenvalue weighted by atomic mass is 16.5. The van der Waals surface area contributed by atoms with Crippen LogP contribution in [0.2, 0.25) is 0 Å². The molecule has 2 rings (SSSR count). The van der Waals surface area contributed by atoms with Crippen molar-refractivity contribution in [3.05, 3.63) is 40.5 Å². The molecule has 8 heteroatoms. The third-order valence-electron chi connectivity index (χ3n) is 4.62. The lowest BCUT2D eigenvalue weighted by Gasteiger charge is -2.27. The predicted molar refractivity (Wildman–Crippen MR) is 113 cm³/mol. The first-order chi connectivity index (χ1) is 14.8. The van der Waals surface area contributed by atoms with Gasteiger partial charge in [0, 0.05) is 19.0 Å². The normalized spacial score (nSPS) is 15.2. The third-order valence-corrected chi connectivity index (χ3v) is 4.62. The minimum absolute atomic E-state index is 0.0356. The van der Waals surface area contributed by atoms with Crippen molar-refractivity contribution >= 4 is 23.9 Å². The van der Waals surface area contributed by atoms with Crippen LogP contribution >= 0.6 is 0 Å². The van der Waals surface area contributed by atoms with Gasteiger partial charge < -0.3 is 14.2 Å². The summed E-state index contributed by atoms with van der Waals surface area (Å²) in [4.78, 5) is 37.6. The Hall–Kier alpha value is -3.60. The van der Waals surface area contributed by atoms with Crippen molar-refractivity contribution in [2.45, 2.75) is 33.6 Å². The summed E-state index contributed by atoms with van der Waals surface area (Å²) in [5, 5.41) is 9.47. The number of rotatable bonds is 9. The molecule has 0 unspecified atom stereocenters. The summed E-state index contributed by atoms with van der Waals surface area (Å²) < 4.78 is 15.9. The van der Waals surface area contributed by atoms with Gasteiger partial charge in [-0.1, -0.05) is 13.0 Å². The van der Waals surface area contributed by atoms with Crippen LogP contribution in [0.4, 0.5) is 0 Å². The zero-order valence-electron chi connectivity index (χ0n) is 18.2. The Balaban J connectivity index is 2.36. The lowest BCUT2D eigenvalue weighted by Crippen LogP contribution is -2.43. The second-order valence-corrected chi connectivity index (χ2v) is 6.88. The number of ether oxygens (including phenoxy) is 3. The molecule has 0 fully saturated rings. The van der Waals surface area contributed by atoms with Gasteiger partial charge in [0.2, 0.25) is 0 Å². The first-order valence-corrected chi connectivity index (χ1v) is 9.97. The molecule has 0 atom stereocenters. The molecule has 1 aliphatic heterocycles. The van der Waals surface area contributed by atoms with Crippen molar-refractivity contribution < 1.29 is 28.6 Å². The quantitative estimate of drug-likeness (QED) is 0.259. The molecule has 1 aromatic carbocycles. The van der Waals surface area contributed by atoms with E-state index in [2.05, 4.69) is 0 Å². The maximum Gasteiger partial charge on any atom is 0.302 e. The van der Waals surface area contributed by atoms with Crippen LogP contribution in [-0.2, 0) is 19.1 Å². The minimum Gasteiger partial charge on any atom is -0.493 e. The Kier molecular flexibility index (Phi) is 8.38. The van der Waals surface area contributed by atoms with Gasteiger partial charge in [-0.2, -0.15) is 5.26 Å². The molecule has 0 aromatic heterocycles. The molecule has 2 amide bonds. The maximum atomic E-state index is 13.0. The molecule has 1 aromatic rings. The number of amides is 2. The van der Waals surface area contributed by atoms with Gasteiger partial charge in [0.1, 0.15) is 11.6 Å². The van der Waals surface area contributed by atoms with Crippen LogP contribution in [0, 0.1) is 11.3 Å². The van der Waals surface area contributed by atoms with Crippen molar-refractivity contribution in [3.8, 4) is 17.6 Å². The molecule has 0 saturated heterocycles. The predicted octanol–water partition coefficient (Wildman–Crippen LogP) is 3.03. The molecule has 1 aliphatic rings. The van der Waals surface area contributed by atoms with E-state index in [1.54, 1.807) is 31.2 Å². The molecule has 0 spiro atoms. The van der Waals surface area contributed by atoms with Gasteiger partial charge in [0.15, 0.2) is 11.5 Å². The molecule has 1 heterocycles. The van der Waals surface area contributed by atoms with Gasteiger partial charge in [-0.25, -0.2) is 0 Å². The Bertz CT molecular complexity index is 971. The van der Waals surface area contributed by atoms with E-state index in [1.807, 2.05) is 13.0 Å². The molecule has 164 valence electrons. The Morgan fingerprint density at radius 2 is 1.94 bits per heavy atom. The molecule has 0 N–H and O–H groups in total. The van der Waals surface area contributed by atoms with E-state index in [1.165, 1.54) is 14.0 Å². The van der Waals surface area contributed by atoms with Crippen LogP contribution in [0.3, 0.4) is 0 Å². The van der Waals surface area contributed by atoms with Crippen molar-refractivity contribution in [1.82, 2.24) is 4.90 Å². The zero-order chi connectivity index (χ0) is 23.0. The highest BCUT2D eigenvalue weighted by Gasteiger charge is 2.35. The molecular weight excluding hydrogens is 400 g/mol. The smallest absolute Gasteiger partial charge is 0.302 e. The molecule has 0 saturated carbocycles. The number of imide groups is 1. The molecule has 0 bridgehead atoms. The zero-order valence-corrected chi connectivity index (χ0v) is 18.2. The van der Waals surface area contributed by atoms with E-state index in [9.17, 15) is 19.6 Å². The van der Waals surface area contributed by atoms with Crippen LogP contribution < -0.4 is 9.47 Å². The van der Waals surface area contributed by atoms with Gasteiger partial charge in [0.05, 0.1) is 20.3 Å². The minimum atomic E-state index is -0.647. The summed E-state index contributed by atoms with van der Waals surface area (Å²) in [6, 6.07) is 7.15. The number of carbonyl (C=O) groups is 3. The van der Waals surface area contributed by atoms with Crippen LogP contribution in [0.1, 0.15) is 39.2 Å². The number of nitriles is 1. The molecular formula is C23H26N2O6. The van der Waals surface area contributed by atoms with Crippen LogP contribution in [0.25, 0.3) is 6.08 Å². The van der Waals surface area contributed by atoms with E-state index in [-0.39, 0.29) is 30.7 Å². The average Bonchev–Trinajstić information content (AvgIpc) is 2.75. The number of nitrogens with zero attached hydrogens (tertiary/aromatic N) is 2. The highest BCUT2D eigenvalue weighted by molar-refractivity contribution is 6.19. The lowest BCUT2D eigenvalue weighted by molar-refractivity contribution is -0.141. The van der Waals surface area contributed by atoms with Gasteiger partial charge in [-0.15, -0.1) is 0 Å². The number of methoxy groups -OCH3 is 1. The molecule has 0 aliphatic carbocycles. The third kappa shape index (κ3) is 5.72. The summed E-state index contributed by atoms with van der Waals surface area (Å²) >= 11 is 0. The van der Waals surface area contributed by atoms with Crippen molar-refractivity contribution in [2.24, 2.45) is 0 Å².